The molecule has 2 aliphatic carbocycles. The number of rotatable bonds is 9. The van der Waals surface area contributed by atoms with Gasteiger partial charge in [-0.05, 0) is 87.5 Å². The number of sulfonamides is 1. The van der Waals surface area contributed by atoms with Crippen molar-refractivity contribution in [3.63, 3.8) is 0 Å². The van der Waals surface area contributed by atoms with Gasteiger partial charge >= 0.3 is 27.5 Å². The maximum absolute atomic E-state index is 13.0. The van der Waals surface area contributed by atoms with E-state index < -0.39 is 27.5 Å². The van der Waals surface area contributed by atoms with Crippen LogP contribution in [-0.4, -0.2) is 38.1 Å². The molecule has 0 aromatic heterocycles. The van der Waals surface area contributed by atoms with Crippen LogP contribution in [0.5, 0.6) is 0 Å². The van der Waals surface area contributed by atoms with Crippen LogP contribution in [0.25, 0.3) is 0 Å². The van der Waals surface area contributed by atoms with Gasteiger partial charge in [-0.2, -0.15) is 21.6 Å². The van der Waals surface area contributed by atoms with E-state index in [-0.39, 0.29) is 35.5 Å². The third kappa shape index (κ3) is 9.18. The van der Waals surface area contributed by atoms with E-state index in [1.54, 1.807) is 17.7 Å². The molecular formula is C27H34F3NO6S. The SMILES string of the molecule is Cc1ccc(CC(=C/C(=O)OC2CCCCC2)/C=C/C(=O)OC2CCCCC2)c(NS(=O)(=O)C(F)(F)F)c1. The molecule has 1 aromatic carbocycles. The van der Waals surface area contributed by atoms with Crippen molar-refractivity contribution in [1.29, 1.82) is 0 Å². The van der Waals surface area contributed by atoms with Crippen LogP contribution in [-0.2, 0) is 35.5 Å². The Balaban J connectivity index is 1.83. The minimum absolute atomic E-state index is 0.136. The Morgan fingerprint density at radius 3 is 2.03 bits per heavy atom. The first-order chi connectivity index (χ1) is 17.9. The summed E-state index contributed by atoms with van der Waals surface area (Å²) in [4.78, 5) is 25.1. The monoisotopic (exact) mass is 557 g/mol. The average molecular weight is 558 g/mol. The van der Waals surface area contributed by atoms with Crippen molar-refractivity contribution in [3.8, 4) is 0 Å². The zero-order valence-corrected chi connectivity index (χ0v) is 22.2. The van der Waals surface area contributed by atoms with Gasteiger partial charge < -0.3 is 9.47 Å². The summed E-state index contributed by atoms with van der Waals surface area (Å²) in [5.74, 6) is -1.23. The van der Waals surface area contributed by atoms with Gasteiger partial charge in [0.25, 0.3) is 0 Å². The molecule has 210 valence electrons. The number of allylic oxidation sites excluding steroid dienone is 2. The minimum atomic E-state index is -5.66. The predicted octanol–water partition coefficient (Wildman–Crippen LogP) is 6.03. The molecule has 0 atom stereocenters. The van der Waals surface area contributed by atoms with Crippen LogP contribution in [0.3, 0.4) is 0 Å². The fourth-order valence-corrected chi connectivity index (χ4v) is 5.21. The zero-order valence-electron chi connectivity index (χ0n) is 21.4. The topological polar surface area (TPSA) is 98.8 Å². The number of carbonyl (C=O) groups excluding carboxylic acids is 2. The molecule has 38 heavy (non-hydrogen) atoms. The standard InChI is InChI=1S/C27H34F3NO6S/c1-19-12-14-21(24(16-19)31-38(34,35)27(28,29)30)17-20(18-26(33)37-23-10-6-3-7-11-23)13-15-25(32)36-22-8-4-2-5-9-22/h12-16,18,22-23,31H,2-11,17H2,1H3/b15-13+,20-18+. The highest BCUT2D eigenvalue weighted by Gasteiger charge is 2.46. The van der Waals surface area contributed by atoms with Crippen LogP contribution < -0.4 is 4.72 Å². The molecule has 0 amide bonds. The van der Waals surface area contributed by atoms with Crippen LogP contribution in [0.1, 0.15) is 75.3 Å². The van der Waals surface area contributed by atoms with Crippen LogP contribution >= 0.6 is 0 Å². The largest absolute Gasteiger partial charge is 0.516 e. The number of halogens is 3. The summed E-state index contributed by atoms with van der Waals surface area (Å²) in [5, 5.41) is 0. The Morgan fingerprint density at radius 1 is 0.921 bits per heavy atom. The summed E-state index contributed by atoms with van der Waals surface area (Å²) in [6.45, 7) is 1.61. The van der Waals surface area contributed by atoms with E-state index in [0.29, 0.717) is 5.56 Å². The predicted molar refractivity (Wildman–Crippen MR) is 137 cm³/mol. The second kappa shape index (κ2) is 13.3. The number of ether oxygens (including phenoxy) is 2. The Labute approximate surface area is 221 Å². The quantitative estimate of drug-likeness (QED) is 0.226. The van der Waals surface area contributed by atoms with E-state index in [2.05, 4.69) is 0 Å². The molecule has 7 nitrogen and oxygen atoms in total. The van der Waals surface area contributed by atoms with E-state index in [1.165, 1.54) is 30.4 Å². The van der Waals surface area contributed by atoms with Gasteiger partial charge in [-0.25, -0.2) is 9.59 Å². The summed E-state index contributed by atoms with van der Waals surface area (Å²) in [7, 11) is -5.66. The van der Waals surface area contributed by atoms with E-state index in [9.17, 15) is 31.2 Å². The average Bonchev–Trinajstić information content (AvgIpc) is 2.84. The lowest BCUT2D eigenvalue weighted by atomic mass is 9.97. The molecule has 0 spiro atoms. The van der Waals surface area contributed by atoms with E-state index >= 15 is 0 Å². The second-order valence-electron chi connectivity index (χ2n) is 9.84. The summed E-state index contributed by atoms with van der Waals surface area (Å²) in [6, 6.07) is 4.36. The number of esters is 2. The number of benzene rings is 1. The first kappa shape index (κ1) is 29.7. The van der Waals surface area contributed by atoms with Crippen LogP contribution in [0, 0.1) is 6.92 Å². The number of carbonyl (C=O) groups is 2. The molecule has 0 saturated heterocycles. The molecule has 0 bridgehead atoms. The summed E-state index contributed by atoms with van der Waals surface area (Å²) in [5.41, 5.74) is -4.80. The highest BCUT2D eigenvalue weighted by atomic mass is 32.2. The van der Waals surface area contributed by atoms with Crippen molar-refractivity contribution in [2.75, 3.05) is 4.72 Å². The Bertz CT molecular complexity index is 1150. The maximum atomic E-state index is 13.0. The van der Waals surface area contributed by atoms with Gasteiger partial charge in [0.15, 0.2) is 0 Å². The van der Waals surface area contributed by atoms with Crippen molar-refractivity contribution >= 4 is 27.6 Å². The molecule has 2 fully saturated rings. The van der Waals surface area contributed by atoms with E-state index in [0.717, 1.165) is 64.2 Å². The van der Waals surface area contributed by atoms with Crippen LogP contribution in [0.4, 0.5) is 18.9 Å². The van der Waals surface area contributed by atoms with E-state index in [4.69, 9.17) is 9.47 Å². The van der Waals surface area contributed by atoms with Crippen LogP contribution in [0.15, 0.2) is 42.0 Å². The van der Waals surface area contributed by atoms with Crippen molar-refractivity contribution in [2.24, 2.45) is 0 Å². The fourth-order valence-electron chi connectivity index (χ4n) is 4.61. The minimum Gasteiger partial charge on any atom is -0.459 e. The van der Waals surface area contributed by atoms with Crippen molar-refractivity contribution < 1.29 is 40.7 Å². The van der Waals surface area contributed by atoms with Gasteiger partial charge in [0.1, 0.15) is 12.2 Å². The highest BCUT2D eigenvalue weighted by Crippen LogP contribution is 2.29. The Kier molecular flexibility index (Phi) is 10.4. The summed E-state index contributed by atoms with van der Waals surface area (Å²) < 4.78 is 75.2. The molecule has 3 rings (SSSR count). The van der Waals surface area contributed by atoms with Crippen LogP contribution in [0.2, 0.25) is 0 Å². The normalized spacial score (nSPS) is 18.4. The number of anilines is 1. The molecule has 0 aliphatic heterocycles. The molecule has 0 radical (unpaired) electrons. The first-order valence-electron chi connectivity index (χ1n) is 12.9. The highest BCUT2D eigenvalue weighted by molar-refractivity contribution is 7.93. The number of hydrogen-bond acceptors (Lipinski definition) is 6. The summed E-state index contributed by atoms with van der Waals surface area (Å²) >= 11 is 0. The molecular weight excluding hydrogens is 523 g/mol. The maximum Gasteiger partial charge on any atom is 0.516 e. The second-order valence-corrected chi connectivity index (χ2v) is 11.5. The Hall–Kier alpha value is -2.82. The van der Waals surface area contributed by atoms with Gasteiger partial charge in [-0.15, -0.1) is 0 Å². The molecule has 0 heterocycles. The van der Waals surface area contributed by atoms with Gasteiger partial charge in [0, 0.05) is 12.2 Å². The molecule has 1 N–H and O–H groups in total. The lowest BCUT2D eigenvalue weighted by Crippen LogP contribution is -2.30. The lowest BCUT2D eigenvalue weighted by molar-refractivity contribution is -0.145. The number of hydrogen-bond donors (Lipinski definition) is 1. The molecule has 11 heteroatoms. The van der Waals surface area contributed by atoms with Crippen molar-refractivity contribution in [3.05, 3.63) is 53.1 Å². The summed E-state index contributed by atoms with van der Waals surface area (Å²) in [6.07, 6.45) is 12.3. The third-order valence-electron chi connectivity index (χ3n) is 6.62. The first-order valence-corrected chi connectivity index (χ1v) is 14.4. The third-order valence-corrected chi connectivity index (χ3v) is 7.71. The molecule has 1 aromatic rings. The van der Waals surface area contributed by atoms with Gasteiger partial charge in [-0.1, -0.05) is 31.1 Å². The number of nitrogens with one attached hydrogen (secondary N) is 1. The van der Waals surface area contributed by atoms with Crippen molar-refractivity contribution in [1.82, 2.24) is 0 Å². The fraction of sp³-hybridized carbons (Fsp3) is 0.556. The molecule has 0 unspecified atom stereocenters. The van der Waals surface area contributed by atoms with E-state index in [1.807, 2.05) is 0 Å². The lowest BCUT2D eigenvalue weighted by Gasteiger charge is -2.21. The molecule has 2 aliphatic rings. The smallest absolute Gasteiger partial charge is 0.459 e. The number of aryl methyl sites for hydroxylation is 1. The number of alkyl halides is 3. The van der Waals surface area contributed by atoms with Gasteiger partial charge in [0.2, 0.25) is 0 Å². The molecule has 2 saturated carbocycles. The van der Waals surface area contributed by atoms with Gasteiger partial charge in [0.05, 0.1) is 5.69 Å². The Morgan fingerprint density at radius 2 is 1.47 bits per heavy atom. The zero-order chi connectivity index (χ0) is 27.8. The van der Waals surface area contributed by atoms with Crippen molar-refractivity contribution in [2.45, 2.75) is 95.3 Å². The van der Waals surface area contributed by atoms with Gasteiger partial charge in [-0.3, -0.25) is 4.72 Å².